The van der Waals surface area contributed by atoms with E-state index in [1.807, 2.05) is 27.7 Å². The van der Waals surface area contributed by atoms with Crippen molar-refractivity contribution in [1.82, 2.24) is 14.9 Å². The number of ether oxygens (including phenoxy) is 3. The van der Waals surface area contributed by atoms with E-state index in [4.69, 9.17) is 19.7 Å². The predicted molar refractivity (Wildman–Crippen MR) is 154 cm³/mol. The standard InChI is InChI=1S/C32H43N3O6/c1-6-21-26(18-36)35-17-28(21)41-30-24(33-23-13-12-20(39-5)15-25(23)34-30)11-9-7-8-10-19-14-27(19)40-29(37)16-22(31(35)38)32(2,3)4/h12-13,15,18-19,21-22,26-28H,6-11,14,16-17H2,1-5H3/t19-,21+,22-,26-,27-,28+/m1/s1/i9D2,11D2. The van der Waals surface area contributed by atoms with E-state index in [0.717, 1.165) is 6.29 Å². The second-order valence-electron chi connectivity index (χ2n) is 12.4. The van der Waals surface area contributed by atoms with Gasteiger partial charge in [-0.2, -0.15) is 0 Å². The Morgan fingerprint density at radius 1 is 1.15 bits per heavy atom. The number of benzene rings is 1. The number of hydrogen-bond donors (Lipinski definition) is 0. The monoisotopic (exact) mass is 569 g/mol. The van der Waals surface area contributed by atoms with Gasteiger partial charge in [0.15, 0.2) is 0 Å². The van der Waals surface area contributed by atoms with Gasteiger partial charge in [0.25, 0.3) is 0 Å². The van der Waals surface area contributed by atoms with Crippen LogP contribution in [0.4, 0.5) is 0 Å². The summed E-state index contributed by atoms with van der Waals surface area (Å²) in [4.78, 5) is 50.4. The molecule has 2 aliphatic heterocycles. The number of hydrogen-bond acceptors (Lipinski definition) is 8. The zero-order chi connectivity index (χ0) is 32.9. The van der Waals surface area contributed by atoms with Crippen molar-refractivity contribution in [2.75, 3.05) is 13.7 Å². The predicted octanol–water partition coefficient (Wildman–Crippen LogP) is 4.92. The number of rotatable bonds is 3. The van der Waals surface area contributed by atoms with Gasteiger partial charge in [0.05, 0.1) is 43.1 Å². The Labute approximate surface area is 247 Å². The Morgan fingerprint density at radius 2 is 1.95 bits per heavy atom. The molecule has 6 atom stereocenters. The Kier molecular flexibility index (Phi) is 7.10. The summed E-state index contributed by atoms with van der Waals surface area (Å²) in [6.45, 7) is 7.52. The second kappa shape index (κ2) is 11.9. The molecule has 2 fully saturated rings. The van der Waals surface area contributed by atoms with Crippen molar-refractivity contribution >= 4 is 29.2 Å². The molecule has 3 heterocycles. The summed E-state index contributed by atoms with van der Waals surface area (Å²) in [7, 11) is 1.51. The summed E-state index contributed by atoms with van der Waals surface area (Å²) in [6.07, 6.45) is -3.49. The van der Waals surface area contributed by atoms with Gasteiger partial charge in [0, 0.05) is 17.5 Å². The van der Waals surface area contributed by atoms with Crippen LogP contribution in [0.15, 0.2) is 18.2 Å². The van der Waals surface area contributed by atoms with E-state index in [1.165, 1.54) is 12.0 Å². The third kappa shape index (κ3) is 6.33. The lowest BCUT2D eigenvalue weighted by Gasteiger charge is -2.34. The molecule has 0 spiro atoms. The molecule has 1 saturated heterocycles. The van der Waals surface area contributed by atoms with Gasteiger partial charge < -0.3 is 23.9 Å². The normalized spacial score (nSPS) is 33.3. The number of nitrogens with zero attached hydrogens (tertiary/aromatic N) is 3. The van der Waals surface area contributed by atoms with E-state index in [2.05, 4.69) is 9.97 Å². The highest BCUT2D eigenvalue weighted by molar-refractivity contribution is 5.87. The highest BCUT2D eigenvalue weighted by Crippen LogP contribution is 2.41. The molecule has 9 heteroatoms. The van der Waals surface area contributed by atoms with E-state index < -0.39 is 48.1 Å². The largest absolute Gasteiger partial charge is 0.497 e. The van der Waals surface area contributed by atoms with Crippen LogP contribution in [-0.4, -0.2) is 64.9 Å². The Hall–Kier alpha value is -3.23. The van der Waals surface area contributed by atoms with Gasteiger partial charge in [-0.25, -0.2) is 9.97 Å². The molecule has 0 N–H and O–H groups in total. The molecule has 9 nitrogen and oxygen atoms in total. The number of carbonyl (C=O) groups is 3. The van der Waals surface area contributed by atoms with Crippen molar-refractivity contribution in [3.05, 3.63) is 23.9 Å². The van der Waals surface area contributed by atoms with Crippen LogP contribution >= 0.6 is 0 Å². The molecule has 0 unspecified atom stereocenters. The lowest BCUT2D eigenvalue weighted by atomic mass is 9.77. The lowest BCUT2D eigenvalue weighted by molar-refractivity contribution is -0.153. The first-order chi connectivity index (χ1) is 21.1. The fraction of sp³-hybridized carbons (Fsp3) is 0.656. The Balaban J connectivity index is 1.62. The zero-order valence-electron chi connectivity index (χ0n) is 28.5. The van der Waals surface area contributed by atoms with Gasteiger partial charge >= 0.3 is 5.97 Å². The first-order valence-corrected chi connectivity index (χ1v) is 14.6. The van der Waals surface area contributed by atoms with Crippen LogP contribution in [0.3, 0.4) is 0 Å². The van der Waals surface area contributed by atoms with E-state index in [1.54, 1.807) is 18.2 Å². The minimum Gasteiger partial charge on any atom is -0.497 e. The number of aromatic nitrogens is 2. The van der Waals surface area contributed by atoms with Crippen LogP contribution in [-0.2, 0) is 25.5 Å². The fourth-order valence-corrected chi connectivity index (χ4v) is 6.01. The van der Waals surface area contributed by atoms with Crippen molar-refractivity contribution in [3.8, 4) is 11.6 Å². The number of methoxy groups -OCH3 is 1. The molecule has 2 bridgehead atoms. The second-order valence-corrected chi connectivity index (χ2v) is 12.4. The van der Waals surface area contributed by atoms with Crippen molar-refractivity contribution in [3.63, 3.8) is 0 Å². The first-order valence-electron chi connectivity index (χ1n) is 16.6. The molecule has 1 aromatic heterocycles. The van der Waals surface area contributed by atoms with Crippen LogP contribution in [0.25, 0.3) is 11.0 Å². The number of aryl methyl sites for hydroxylation is 1. The molecule has 41 heavy (non-hydrogen) atoms. The first kappa shape index (κ1) is 24.4. The highest BCUT2D eigenvalue weighted by atomic mass is 16.5. The van der Waals surface area contributed by atoms with Crippen molar-refractivity contribution in [2.45, 2.75) is 97.2 Å². The van der Waals surface area contributed by atoms with Gasteiger partial charge in [-0.15, -0.1) is 0 Å². The van der Waals surface area contributed by atoms with Crippen LogP contribution in [0.5, 0.6) is 11.6 Å². The average Bonchev–Trinajstić information content (AvgIpc) is 3.60. The zero-order valence-corrected chi connectivity index (χ0v) is 24.5. The quantitative estimate of drug-likeness (QED) is 0.379. The topological polar surface area (TPSA) is 108 Å². The highest BCUT2D eigenvalue weighted by Gasteiger charge is 2.49. The summed E-state index contributed by atoms with van der Waals surface area (Å²) in [5, 5.41) is 0. The maximum atomic E-state index is 14.1. The van der Waals surface area contributed by atoms with Crippen LogP contribution < -0.4 is 9.47 Å². The lowest BCUT2D eigenvalue weighted by Crippen LogP contribution is -2.46. The summed E-state index contributed by atoms with van der Waals surface area (Å²) < 4.78 is 53.2. The fourth-order valence-electron chi connectivity index (χ4n) is 6.01. The van der Waals surface area contributed by atoms with Crippen LogP contribution in [0.2, 0.25) is 0 Å². The van der Waals surface area contributed by atoms with E-state index >= 15 is 0 Å². The van der Waals surface area contributed by atoms with Gasteiger partial charge in [0.2, 0.25) is 11.8 Å². The molecular weight excluding hydrogens is 522 g/mol. The van der Waals surface area contributed by atoms with Crippen molar-refractivity contribution in [2.24, 2.45) is 23.2 Å². The molecule has 0 radical (unpaired) electrons. The molecule has 1 aromatic carbocycles. The van der Waals surface area contributed by atoms with Gasteiger partial charge in [-0.3, -0.25) is 9.59 Å². The van der Waals surface area contributed by atoms with Crippen LogP contribution in [0.1, 0.15) is 83.8 Å². The summed E-state index contributed by atoms with van der Waals surface area (Å²) in [5.74, 6) is -1.67. The smallest absolute Gasteiger partial charge is 0.306 e. The number of aldehydes is 1. The average molecular weight is 570 g/mol. The molecule has 1 amide bonds. The number of fused-ring (bicyclic) bond motifs is 5. The molecule has 5 rings (SSSR count). The van der Waals surface area contributed by atoms with Gasteiger partial charge in [0.1, 0.15) is 29.9 Å². The minimum atomic E-state index is -2.61. The molecule has 1 saturated carbocycles. The molecule has 222 valence electrons. The number of amides is 1. The van der Waals surface area contributed by atoms with E-state index in [9.17, 15) is 14.4 Å². The number of esters is 1. The van der Waals surface area contributed by atoms with Crippen molar-refractivity contribution < 1.29 is 34.1 Å². The molecular formula is C32H43N3O6. The summed E-state index contributed by atoms with van der Waals surface area (Å²) >= 11 is 0. The third-order valence-corrected chi connectivity index (χ3v) is 8.59. The SMILES string of the molecule is [2H]C1([2H])CCC[C@@H]2C[C@H]2OC(=O)C[C@@H](C(C)(C)C)C(=O)N2C[C@H](Oc3nc4cc(OC)ccc4nc3C1([2H])[2H])[C@@H](CC)[C@H]2C=O. The third-order valence-electron chi connectivity index (χ3n) is 8.59. The maximum Gasteiger partial charge on any atom is 0.306 e. The van der Waals surface area contributed by atoms with Crippen molar-refractivity contribution in [1.29, 1.82) is 0 Å². The Bertz CT molecular complexity index is 1460. The van der Waals surface area contributed by atoms with E-state index in [-0.39, 0.29) is 48.9 Å². The van der Waals surface area contributed by atoms with Crippen LogP contribution in [0, 0.1) is 23.2 Å². The molecule has 2 aromatic rings. The molecule has 3 aliphatic rings. The number of carbonyl (C=O) groups excluding carboxylic acids is 3. The summed E-state index contributed by atoms with van der Waals surface area (Å²) in [6, 6.07) is 4.09. The minimum absolute atomic E-state index is 0.000232. The van der Waals surface area contributed by atoms with E-state index in [0.29, 0.717) is 42.5 Å². The summed E-state index contributed by atoms with van der Waals surface area (Å²) in [5.41, 5.74) is -0.175. The maximum absolute atomic E-state index is 14.1. The van der Waals surface area contributed by atoms with Gasteiger partial charge in [-0.1, -0.05) is 40.5 Å². The van der Waals surface area contributed by atoms with Gasteiger partial charge in [-0.05, 0) is 55.5 Å². The Morgan fingerprint density at radius 3 is 2.66 bits per heavy atom. The molecule has 1 aliphatic carbocycles.